The van der Waals surface area contributed by atoms with Crippen molar-refractivity contribution in [2.75, 3.05) is 0 Å². The molecule has 0 bridgehead atoms. The molecular formula is C11H11BrN2S. The number of halogens is 1. The van der Waals surface area contributed by atoms with Gasteiger partial charge in [0, 0.05) is 6.42 Å². The topological polar surface area (TPSA) is 25.8 Å². The fraction of sp³-hybridized carbons (Fsp3) is 0.273. The minimum absolute atomic E-state index is 0.850. The maximum absolute atomic E-state index is 4.10. The highest BCUT2D eigenvalue weighted by Crippen LogP contribution is 2.20. The Morgan fingerprint density at radius 3 is 2.73 bits per heavy atom. The molecule has 2 rings (SSSR count). The van der Waals surface area contributed by atoms with Crippen molar-refractivity contribution in [2.45, 2.75) is 20.3 Å². The lowest BCUT2D eigenvalue weighted by molar-refractivity contribution is 0.986. The van der Waals surface area contributed by atoms with Gasteiger partial charge in [-0.3, -0.25) is 0 Å². The summed E-state index contributed by atoms with van der Waals surface area (Å²) in [4.78, 5) is 0. The van der Waals surface area contributed by atoms with E-state index in [-0.39, 0.29) is 0 Å². The van der Waals surface area contributed by atoms with Crippen LogP contribution in [0.1, 0.15) is 21.7 Å². The van der Waals surface area contributed by atoms with Gasteiger partial charge in [-0.05, 0) is 40.9 Å². The number of hydrogen-bond donors (Lipinski definition) is 0. The smallest absolute Gasteiger partial charge is 0.142 e. The molecule has 1 aromatic heterocycles. The molecule has 0 fully saturated rings. The molecule has 78 valence electrons. The average molecular weight is 283 g/mol. The lowest BCUT2D eigenvalue weighted by Gasteiger charge is -2.04. The summed E-state index contributed by atoms with van der Waals surface area (Å²) in [5.74, 6) is 0. The second-order valence-electron chi connectivity index (χ2n) is 3.56. The van der Waals surface area contributed by atoms with Crippen LogP contribution in [-0.2, 0) is 6.42 Å². The summed E-state index contributed by atoms with van der Waals surface area (Å²) in [6.07, 6.45) is 0.872. The normalized spacial score (nSPS) is 10.6. The Labute approximate surface area is 101 Å². The predicted molar refractivity (Wildman–Crippen MR) is 66.3 cm³/mol. The molecule has 15 heavy (non-hydrogen) atoms. The first-order chi connectivity index (χ1) is 7.15. The second kappa shape index (κ2) is 4.41. The van der Waals surface area contributed by atoms with E-state index in [4.69, 9.17) is 0 Å². The van der Waals surface area contributed by atoms with Crippen LogP contribution in [0.3, 0.4) is 0 Å². The quantitative estimate of drug-likeness (QED) is 0.843. The number of rotatable bonds is 2. The molecule has 0 saturated carbocycles. The number of hydrogen-bond acceptors (Lipinski definition) is 3. The third-order valence-electron chi connectivity index (χ3n) is 2.29. The van der Waals surface area contributed by atoms with Gasteiger partial charge in [-0.1, -0.05) is 35.1 Å². The molecule has 0 radical (unpaired) electrons. The highest BCUT2D eigenvalue weighted by molar-refractivity contribution is 9.11. The first-order valence-corrected chi connectivity index (χ1v) is 6.30. The second-order valence-corrected chi connectivity index (χ2v) is 5.89. The van der Waals surface area contributed by atoms with Gasteiger partial charge in [-0.2, -0.15) is 0 Å². The van der Waals surface area contributed by atoms with Gasteiger partial charge in [-0.15, -0.1) is 10.2 Å². The zero-order chi connectivity index (χ0) is 10.8. The van der Waals surface area contributed by atoms with Gasteiger partial charge >= 0.3 is 0 Å². The van der Waals surface area contributed by atoms with E-state index >= 15 is 0 Å². The Hall–Kier alpha value is -0.740. The lowest BCUT2D eigenvalue weighted by Crippen LogP contribution is -1.92. The van der Waals surface area contributed by atoms with Crippen LogP contribution in [0.25, 0.3) is 0 Å². The summed E-state index contributed by atoms with van der Waals surface area (Å²) in [6, 6.07) is 6.50. The highest BCUT2D eigenvalue weighted by atomic mass is 79.9. The molecule has 0 unspecified atom stereocenters. The van der Waals surface area contributed by atoms with Crippen LogP contribution in [-0.4, -0.2) is 10.2 Å². The van der Waals surface area contributed by atoms with Crippen LogP contribution >= 0.6 is 27.3 Å². The Kier molecular flexibility index (Phi) is 3.17. The van der Waals surface area contributed by atoms with Crippen LogP contribution in [0.5, 0.6) is 0 Å². The predicted octanol–water partition coefficient (Wildman–Crippen LogP) is 3.51. The van der Waals surface area contributed by atoms with Crippen LogP contribution in [0.15, 0.2) is 22.1 Å². The fourth-order valence-electron chi connectivity index (χ4n) is 1.46. The monoisotopic (exact) mass is 282 g/mol. The molecule has 4 heteroatoms. The Balaban J connectivity index is 2.27. The summed E-state index contributed by atoms with van der Waals surface area (Å²) in [6.45, 7) is 4.24. The number of nitrogens with zero attached hydrogens (tertiary/aromatic N) is 2. The SMILES string of the molecule is Cc1ccc(C)c(Cc2nnc(Br)s2)c1. The first-order valence-electron chi connectivity index (χ1n) is 4.69. The van der Waals surface area contributed by atoms with Crippen LogP contribution in [0.4, 0.5) is 0 Å². The van der Waals surface area contributed by atoms with Gasteiger partial charge in [0.2, 0.25) is 0 Å². The molecule has 0 spiro atoms. The van der Waals surface area contributed by atoms with Gasteiger partial charge in [0.25, 0.3) is 0 Å². The summed E-state index contributed by atoms with van der Waals surface area (Å²) >= 11 is 4.91. The van der Waals surface area contributed by atoms with Gasteiger partial charge in [0.15, 0.2) is 3.92 Å². The van der Waals surface area contributed by atoms with Crippen molar-refractivity contribution in [3.05, 3.63) is 43.8 Å². The number of benzene rings is 1. The van der Waals surface area contributed by atoms with Gasteiger partial charge < -0.3 is 0 Å². The van der Waals surface area contributed by atoms with E-state index in [1.54, 1.807) is 11.3 Å². The van der Waals surface area contributed by atoms with Crippen LogP contribution in [0.2, 0.25) is 0 Å². The molecule has 0 amide bonds. The van der Waals surface area contributed by atoms with Crippen molar-refractivity contribution in [1.29, 1.82) is 0 Å². The van der Waals surface area contributed by atoms with Gasteiger partial charge in [0.1, 0.15) is 5.01 Å². The zero-order valence-corrected chi connectivity index (χ0v) is 11.0. The average Bonchev–Trinajstić information content (AvgIpc) is 2.58. The maximum atomic E-state index is 4.10. The minimum atomic E-state index is 0.850. The summed E-state index contributed by atoms with van der Waals surface area (Å²) in [7, 11) is 0. The highest BCUT2D eigenvalue weighted by Gasteiger charge is 2.05. The molecule has 2 aromatic rings. The van der Waals surface area contributed by atoms with Crippen molar-refractivity contribution in [3.8, 4) is 0 Å². The third kappa shape index (κ3) is 2.63. The molecular weight excluding hydrogens is 272 g/mol. The molecule has 0 N–H and O–H groups in total. The summed E-state index contributed by atoms with van der Waals surface area (Å²) in [5.41, 5.74) is 3.93. The first kappa shape index (κ1) is 10.8. The van der Waals surface area contributed by atoms with Crippen LogP contribution in [0, 0.1) is 13.8 Å². The summed E-state index contributed by atoms with van der Waals surface area (Å²) < 4.78 is 0.850. The molecule has 1 heterocycles. The van der Waals surface area contributed by atoms with E-state index in [0.717, 1.165) is 15.3 Å². The standard InChI is InChI=1S/C11H11BrN2S/c1-7-3-4-8(2)9(5-7)6-10-13-14-11(12)15-10/h3-5H,6H2,1-2H3. The molecule has 0 aliphatic rings. The Morgan fingerprint density at radius 1 is 1.27 bits per heavy atom. The Morgan fingerprint density at radius 2 is 2.07 bits per heavy atom. The molecule has 2 nitrogen and oxygen atoms in total. The van der Waals surface area contributed by atoms with E-state index in [0.29, 0.717) is 0 Å². The number of aromatic nitrogens is 2. The fourth-order valence-corrected chi connectivity index (χ4v) is 2.68. The van der Waals surface area contributed by atoms with Gasteiger partial charge in [-0.25, -0.2) is 0 Å². The van der Waals surface area contributed by atoms with E-state index in [1.165, 1.54) is 16.7 Å². The van der Waals surface area contributed by atoms with Crippen LogP contribution < -0.4 is 0 Å². The molecule has 1 aromatic carbocycles. The molecule has 0 aliphatic carbocycles. The minimum Gasteiger partial charge on any atom is -0.142 e. The third-order valence-corrected chi connectivity index (χ3v) is 3.64. The molecule has 0 saturated heterocycles. The van der Waals surface area contributed by atoms with E-state index < -0.39 is 0 Å². The van der Waals surface area contributed by atoms with E-state index in [1.807, 2.05) is 0 Å². The van der Waals surface area contributed by atoms with Gasteiger partial charge in [0.05, 0.1) is 0 Å². The van der Waals surface area contributed by atoms with E-state index in [9.17, 15) is 0 Å². The van der Waals surface area contributed by atoms with Crippen molar-refractivity contribution >= 4 is 27.3 Å². The Bertz CT molecular complexity index is 479. The maximum Gasteiger partial charge on any atom is 0.183 e. The molecule has 0 aliphatic heterocycles. The van der Waals surface area contributed by atoms with Crippen molar-refractivity contribution in [1.82, 2.24) is 10.2 Å². The summed E-state index contributed by atoms with van der Waals surface area (Å²) in [5, 5.41) is 9.11. The van der Waals surface area contributed by atoms with E-state index in [2.05, 4.69) is 58.2 Å². The molecule has 0 atom stereocenters. The van der Waals surface area contributed by atoms with Crippen molar-refractivity contribution < 1.29 is 0 Å². The van der Waals surface area contributed by atoms with Crippen molar-refractivity contribution in [2.24, 2.45) is 0 Å². The largest absolute Gasteiger partial charge is 0.183 e. The lowest BCUT2D eigenvalue weighted by atomic mass is 10.0. The number of aryl methyl sites for hydroxylation is 2. The van der Waals surface area contributed by atoms with Crippen molar-refractivity contribution in [3.63, 3.8) is 0 Å². The zero-order valence-electron chi connectivity index (χ0n) is 8.62.